The third-order valence-electron chi connectivity index (χ3n) is 4.15. The first-order valence-electron chi connectivity index (χ1n) is 7.84. The molecule has 2 rings (SSSR count). The van der Waals surface area contributed by atoms with Crippen LogP contribution in [0.4, 0.5) is 0 Å². The number of amides is 1. The first kappa shape index (κ1) is 18.4. The van der Waals surface area contributed by atoms with E-state index in [1.165, 1.54) is 0 Å². The van der Waals surface area contributed by atoms with E-state index in [1.807, 2.05) is 18.2 Å². The summed E-state index contributed by atoms with van der Waals surface area (Å²) < 4.78 is 10.5. The van der Waals surface area contributed by atoms with Crippen molar-refractivity contribution in [3.8, 4) is 11.5 Å². The average Bonchev–Trinajstić information content (AvgIpc) is 3.04. The highest BCUT2D eigenvalue weighted by molar-refractivity contribution is 7.99. The van der Waals surface area contributed by atoms with Crippen molar-refractivity contribution in [3.05, 3.63) is 23.8 Å². The molecular weight excluding hydrogens is 330 g/mol. The standard InChI is InChI=1S/C17H23NO5S/c1-22-13-7-6-12(14(10-13)23-2)4-3-5-15(19)18-17(16(20)21)8-9-24-11-17/h6-7,10H,3-5,8-9,11H2,1-2H3,(H,18,19)(H,20,21). The molecule has 1 amide bonds. The number of thioether (sulfide) groups is 1. The van der Waals surface area contributed by atoms with Gasteiger partial charge in [0, 0.05) is 18.2 Å². The number of carbonyl (C=O) groups is 2. The largest absolute Gasteiger partial charge is 0.497 e. The van der Waals surface area contributed by atoms with Crippen LogP contribution in [0.25, 0.3) is 0 Å². The Bertz CT molecular complexity index is 599. The normalized spacial score (nSPS) is 19.8. The number of rotatable bonds is 8. The molecule has 24 heavy (non-hydrogen) atoms. The third-order valence-corrected chi connectivity index (χ3v) is 5.34. The van der Waals surface area contributed by atoms with E-state index >= 15 is 0 Å². The maximum atomic E-state index is 12.1. The highest BCUT2D eigenvalue weighted by Crippen LogP contribution is 2.29. The number of benzene rings is 1. The Hall–Kier alpha value is -1.89. The van der Waals surface area contributed by atoms with Gasteiger partial charge < -0.3 is 19.9 Å². The van der Waals surface area contributed by atoms with Crippen LogP contribution in [0.2, 0.25) is 0 Å². The summed E-state index contributed by atoms with van der Waals surface area (Å²) in [6, 6.07) is 5.58. The fourth-order valence-corrected chi connectivity index (χ4v) is 4.04. The maximum Gasteiger partial charge on any atom is 0.330 e. The number of aliphatic carboxylic acids is 1. The van der Waals surface area contributed by atoms with Crippen molar-refractivity contribution in [3.63, 3.8) is 0 Å². The summed E-state index contributed by atoms with van der Waals surface area (Å²) in [6.45, 7) is 0. The highest BCUT2D eigenvalue weighted by Gasteiger charge is 2.43. The Morgan fingerprint density at radius 2 is 2.12 bits per heavy atom. The van der Waals surface area contributed by atoms with E-state index in [2.05, 4.69) is 5.32 Å². The van der Waals surface area contributed by atoms with Crippen LogP contribution in [-0.2, 0) is 16.0 Å². The molecular formula is C17H23NO5S. The van der Waals surface area contributed by atoms with Crippen LogP contribution in [-0.4, -0.2) is 48.2 Å². The zero-order chi connectivity index (χ0) is 17.6. The van der Waals surface area contributed by atoms with Gasteiger partial charge in [0.1, 0.15) is 17.0 Å². The Morgan fingerprint density at radius 1 is 1.33 bits per heavy atom. The molecule has 1 heterocycles. The molecule has 1 aliphatic heterocycles. The molecule has 2 N–H and O–H groups in total. The number of aryl methyl sites for hydroxylation is 1. The predicted octanol–water partition coefficient (Wildman–Crippen LogP) is 2.10. The monoisotopic (exact) mass is 353 g/mol. The van der Waals surface area contributed by atoms with E-state index in [0.29, 0.717) is 25.0 Å². The van der Waals surface area contributed by atoms with Gasteiger partial charge in [-0.1, -0.05) is 6.07 Å². The van der Waals surface area contributed by atoms with E-state index in [4.69, 9.17) is 9.47 Å². The first-order valence-corrected chi connectivity index (χ1v) is 8.99. The lowest BCUT2D eigenvalue weighted by atomic mass is 9.98. The smallest absolute Gasteiger partial charge is 0.330 e. The molecule has 0 aromatic heterocycles. The molecule has 0 radical (unpaired) electrons. The van der Waals surface area contributed by atoms with E-state index < -0.39 is 11.5 Å². The van der Waals surface area contributed by atoms with Gasteiger partial charge in [0.2, 0.25) is 5.91 Å². The number of hydrogen-bond acceptors (Lipinski definition) is 5. The van der Waals surface area contributed by atoms with Crippen LogP contribution in [0.1, 0.15) is 24.8 Å². The minimum atomic E-state index is -1.10. The fraction of sp³-hybridized carbons (Fsp3) is 0.529. The summed E-state index contributed by atoms with van der Waals surface area (Å²) in [5.41, 5.74) is -0.102. The van der Waals surface area contributed by atoms with Crippen molar-refractivity contribution >= 4 is 23.6 Å². The second kappa shape index (κ2) is 8.28. The first-order chi connectivity index (χ1) is 11.5. The Kier molecular flexibility index (Phi) is 6.36. The van der Waals surface area contributed by atoms with Gasteiger partial charge in [-0.15, -0.1) is 0 Å². The number of carboxylic acids is 1. The lowest BCUT2D eigenvalue weighted by Gasteiger charge is -2.24. The molecule has 1 aliphatic rings. The van der Waals surface area contributed by atoms with Crippen LogP contribution in [0.3, 0.4) is 0 Å². The van der Waals surface area contributed by atoms with Crippen molar-refractivity contribution in [1.29, 1.82) is 0 Å². The van der Waals surface area contributed by atoms with Gasteiger partial charge in [-0.3, -0.25) is 4.79 Å². The quantitative estimate of drug-likeness (QED) is 0.744. The Labute approximate surface area is 145 Å². The fourth-order valence-electron chi connectivity index (χ4n) is 2.71. The van der Waals surface area contributed by atoms with Crippen LogP contribution in [0, 0.1) is 0 Å². The minimum Gasteiger partial charge on any atom is -0.497 e. The average molecular weight is 353 g/mol. The summed E-state index contributed by atoms with van der Waals surface area (Å²) in [7, 11) is 3.19. The van der Waals surface area contributed by atoms with Gasteiger partial charge in [-0.2, -0.15) is 11.8 Å². The van der Waals surface area contributed by atoms with Crippen LogP contribution in [0.5, 0.6) is 11.5 Å². The summed E-state index contributed by atoms with van der Waals surface area (Å²) in [6.07, 6.45) is 2.06. The Balaban J connectivity index is 1.87. The molecule has 0 saturated carbocycles. The molecule has 0 spiro atoms. The van der Waals surface area contributed by atoms with E-state index in [-0.39, 0.29) is 12.3 Å². The molecule has 1 aromatic rings. The van der Waals surface area contributed by atoms with Gasteiger partial charge in [0.25, 0.3) is 0 Å². The minimum absolute atomic E-state index is 0.215. The molecule has 132 valence electrons. The number of carbonyl (C=O) groups excluding carboxylic acids is 1. The second-order valence-electron chi connectivity index (χ2n) is 5.77. The number of nitrogens with one attached hydrogen (secondary N) is 1. The zero-order valence-electron chi connectivity index (χ0n) is 14.0. The third kappa shape index (κ3) is 4.35. The summed E-state index contributed by atoms with van der Waals surface area (Å²) in [4.78, 5) is 23.6. The van der Waals surface area contributed by atoms with Gasteiger partial charge >= 0.3 is 5.97 Å². The van der Waals surface area contributed by atoms with Gasteiger partial charge in [-0.25, -0.2) is 4.79 Å². The number of carboxylic acid groups (broad SMARTS) is 1. The Morgan fingerprint density at radius 3 is 2.71 bits per heavy atom. The molecule has 0 aliphatic carbocycles. The SMILES string of the molecule is COc1ccc(CCCC(=O)NC2(C(=O)O)CCSC2)c(OC)c1. The topological polar surface area (TPSA) is 84.9 Å². The zero-order valence-corrected chi connectivity index (χ0v) is 14.8. The van der Waals surface area contributed by atoms with Crippen molar-refractivity contribution in [1.82, 2.24) is 5.32 Å². The van der Waals surface area contributed by atoms with Crippen molar-refractivity contribution < 1.29 is 24.2 Å². The molecule has 1 aromatic carbocycles. The number of methoxy groups -OCH3 is 2. The van der Waals surface area contributed by atoms with Crippen LogP contribution >= 0.6 is 11.8 Å². The number of ether oxygens (including phenoxy) is 2. The predicted molar refractivity (Wildman–Crippen MR) is 92.9 cm³/mol. The van der Waals surface area contributed by atoms with E-state index in [1.54, 1.807) is 26.0 Å². The lowest BCUT2D eigenvalue weighted by Crippen LogP contribution is -2.54. The van der Waals surface area contributed by atoms with Gasteiger partial charge in [-0.05, 0) is 36.6 Å². The molecule has 1 atom stereocenters. The number of hydrogen-bond donors (Lipinski definition) is 2. The maximum absolute atomic E-state index is 12.1. The molecule has 1 saturated heterocycles. The molecule has 7 heteroatoms. The van der Waals surface area contributed by atoms with Gasteiger partial charge in [0.05, 0.1) is 14.2 Å². The summed E-state index contributed by atoms with van der Waals surface area (Å²) in [5.74, 6) is 1.47. The summed E-state index contributed by atoms with van der Waals surface area (Å²) in [5, 5.41) is 12.1. The van der Waals surface area contributed by atoms with Crippen molar-refractivity contribution in [2.75, 3.05) is 25.7 Å². The lowest BCUT2D eigenvalue weighted by molar-refractivity contribution is -0.146. The molecule has 0 bridgehead atoms. The highest BCUT2D eigenvalue weighted by atomic mass is 32.2. The van der Waals surface area contributed by atoms with E-state index in [0.717, 1.165) is 22.8 Å². The van der Waals surface area contributed by atoms with Crippen molar-refractivity contribution in [2.45, 2.75) is 31.2 Å². The van der Waals surface area contributed by atoms with Crippen molar-refractivity contribution in [2.24, 2.45) is 0 Å². The van der Waals surface area contributed by atoms with E-state index in [9.17, 15) is 14.7 Å². The van der Waals surface area contributed by atoms with Gasteiger partial charge in [0.15, 0.2) is 0 Å². The van der Waals surface area contributed by atoms with Crippen LogP contribution in [0.15, 0.2) is 18.2 Å². The molecule has 6 nitrogen and oxygen atoms in total. The second-order valence-corrected chi connectivity index (χ2v) is 6.87. The van der Waals surface area contributed by atoms with Crippen LogP contribution < -0.4 is 14.8 Å². The molecule has 1 unspecified atom stereocenters. The molecule has 1 fully saturated rings. The summed E-state index contributed by atoms with van der Waals surface area (Å²) >= 11 is 1.56.